The van der Waals surface area contributed by atoms with Gasteiger partial charge in [-0.15, -0.1) is 0 Å². The first kappa shape index (κ1) is 22.1. The SMILES string of the molecule is c1ccc(-c2ccccc2-c2oc(-c3c(-c4ccccc4)coc3-c3ccccc3)c3ccccc23)cc1. The lowest BCUT2D eigenvalue weighted by Gasteiger charge is -2.08. The molecule has 2 nitrogen and oxygen atoms in total. The lowest BCUT2D eigenvalue weighted by atomic mass is 9.95. The minimum absolute atomic E-state index is 0.798. The molecule has 0 saturated heterocycles. The van der Waals surface area contributed by atoms with E-state index in [2.05, 4.69) is 109 Å². The zero-order chi connectivity index (χ0) is 25.3. The summed E-state index contributed by atoms with van der Waals surface area (Å²) < 4.78 is 13.2. The second-order valence-electron chi connectivity index (χ2n) is 9.30. The number of rotatable bonds is 5. The van der Waals surface area contributed by atoms with Crippen molar-refractivity contribution in [2.24, 2.45) is 0 Å². The van der Waals surface area contributed by atoms with E-state index in [1.165, 1.54) is 0 Å². The maximum atomic E-state index is 6.92. The zero-order valence-electron chi connectivity index (χ0n) is 20.7. The summed E-state index contributed by atoms with van der Waals surface area (Å²) in [6.07, 6.45) is 1.85. The molecule has 0 fully saturated rings. The molecular weight excluding hydrogens is 464 g/mol. The van der Waals surface area contributed by atoms with Gasteiger partial charge in [-0.1, -0.05) is 140 Å². The van der Waals surface area contributed by atoms with Crippen molar-refractivity contribution in [1.82, 2.24) is 0 Å². The van der Waals surface area contributed by atoms with Gasteiger partial charge in [0.1, 0.15) is 17.3 Å². The second-order valence-corrected chi connectivity index (χ2v) is 9.30. The highest BCUT2D eigenvalue weighted by Gasteiger charge is 2.26. The van der Waals surface area contributed by atoms with Gasteiger partial charge in [-0.25, -0.2) is 0 Å². The molecule has 0 saturated carbocycles. The first-order valence-electron chi connectivity index (χ1n) is 12.8. The van der Waals surface area contributed by atoms with Crippen LogP contribution >= 0.6 is 0 Å². The Morgan fingerprint density at radius 2 is 0.816 bits per heavy atom. The summed E-state index contributed by atoms with van der Waals surface area (Å²) in [5, 5.41) is 2.13. The van der Waals surface area contributed by atoms with Gasteiger partial charge < -0.3 is 8.83 Å². The second kappa shape index (κ2) is 9.42. The largest absolute Gasteiger partial charge is 0.463 e. The number of hydrogen-bond donors (Lipinski definition) is 0. The van der Waals surface area contributed by atoms with Crippen LogP contribution in [-0.2, 0) is 0 Å². The van der Waals surface area contributed by atoms with Crippen LogP contribution in [-0.4, -0.2) is 0 Å². The summed E-state index contributed by atoms with van der Waals surface area (Å²) in [6.45, 7) is 0. The molecule has 7 aromatic rings. The van der Waals surface area contributed by atoms with Crippen molar-refractivity contribution < 1.29 is 8.83 Å². The van der Waals surface area contributed by atoms with E-state index in [1.54, 1.807) is 0 Å². The Hall–Kier alpha value is -5.08. The van der Waals surface area contributed by atoms with Crippen LogP contribution in [0, 0.1) is 0 Å². The third-order valence-corrected chi connectivity index (χ3v) is 7.02. The maximum Gasteiger partial charge on any atom is 0.147 e. The van der Waals surface area contributed by atoms with Crippen LogP contribution in [0.25, 0.3) is 67.0 Å². The van der Waals surface area contributed by atoms with E-state index in [0.717, 1.165) is 67.0 Å². The van der Waals surface area contributed by atoms with Crippen molar-refractivity contribution in [3.63, 3.8) is 0 Å². The van der Waals surface area contributed by atoms with E-state index >= 15 is 0 Å². The van der Waals surface area contributed by atoms with Crippen LogP contribution in [0.15, 0.2) is 155 Å². The monoisotopic (exact) mass is 488 g/mol. The highest BCUT2D eigenvalue weighted by atomic mass is 16.4. The fourth-order valence-electron chi connectivity index (χ4n) is 5.24. The van der Waals surface area contributed by atoms with Crippen LogP contribution in [0.2, 0.25) is 0 Å². The van der Waals surface area contributed by atoms with E-state index in [-0.39, 0.29) is 0 Å². The van der Waals surface area contributed by atoms with Gasteiger partial charge in [0, 0.05) is 27.5 Å². The summed E-state index contributed by atoms with van der Waals surface area (Å²) in [5.41, 5.74) is 7.42. The normalized spacial score (nSPS) is 11.2. The maximum absolute atomic E-state index is 6.92. The minimum Gasteiger partial charge on any atom is -0.463 e. The number of furan rings is 2. The molecule has 7 rings (SSSR count). The third-order valence-electron chi connectivity index (χ3n) is 7.02. The van der Waals surface area contributed by atoms with E-state index in [0.29, 0.717) is 0 Å². The van der Waals surface area contributed by atoms with Gasteiger partial charge in [0.05, 0.1) is 11.8 Å². The lowest BCUT2D eigenvalue weighted by molar-refractivity contribution is 0.577. The highest BCUT2D eigenvalue weighted by molar-refractivity contribution is 6.08. The number of fused-ring (bicyclic) bond motifs is 1. The van der Waals surface area contributed by atoms with E-state index in [9.17, 15) is 0 Å². The molecule has 5 aromatic carbocycles. The Bertz CT molecular complexity index is 1790. The smallest absolute Gasteiger partial charge is 0.147 e. The fraction of sp³-hybridized carbons (Fsp3) is 0. The van der Waals surface area contributed by atoms with Crippen molar-refractivity contribution in [2.75, 3.05) is 0 Å². The average Bonchev–Trinajstić information content (AvgIpc) is 3.61. The molecule has 0 radical (unpaired) electrons. The molecule has 2 aromatic heterocycles. The molecule has 0 aliphatic rings. The molecule has 0 unspecified atom stereocenters. The quantitative estimate of drug-likeness (QED) is 0.241. The first-order chi connectivity index (χ1) is 18.9. The van der Waals surface area contributed by atoms with Crippen LogP contribution in [0.1, 0.15) is 0 Å². The molecule has 0 aliphatic heterocycles. The molecule has 2 heterocycles. The van der Waals surface area contributed by atoms with Crippen molar-refractivity contribution in [1.29, 1.82) is 0 Å². The van der Waals surface area contributed by atoms with Gasteiger partial charge in [-0.05, 0) is 16.7 Å². The van der Waals surface area contributed by atoms with Gasteiger partial charge in [0.15, 0.2) is 0 Å². The number of benzene rings is 5. The van der Waals surface area contributed by atoms with E-state index < -0.39 is 0 Å². The topological polar surface area (TPSA) is 26.3 Å². The molecule has 0 atom stereocenters. The van der Waals surface area contributed by atoms with Crippen LogP contribution in [0.5, 0.6) is 0 Å². The Morgan fingerprint density at radius 1 is 0.342 bits per heavy atom. The van der Waals surface area contributed by atoms with Crippen LogP contribution < -0.4 is 0 Å². The van der Waals surface area contributed by atoms with Gasteiger partial charge in [-0.3, -0.25) is 0 Å². The predicted molar refractivity (Wildman–Crippen MR) is 156 cm³/mol. The summed E-state index contributed by atoms with van der Waals surface area (Å²) in [4.78, 5) is 0. The molecule has 2 heteroatoms. The summed E-state index contributed by atoms with van der Waals surface area (Å²) >= 11 is 0. The van der Waals surface area contributed by atoms with Crippen molar-refractivity contribution in [3.8, 4) is 56.2 Å². The molecule has 0 amide bonds. The molecule has 180 valence electrons. The molecule has 0 bridgehead atoms. The minimum atomic E-state index is 0.798. The van der Waals surface area contributed by atoms with Crippen LogP contribution in [0.3, 0.4) is 0 Å². The third kappa shape index (κ3) is 3.75. The summed E-state index contributed by atoms with van der Waals surface area (Å²) in [5.74, 6) is 2.46. The summed E-state index contributed by atoms with van der Waals surface area (Å²) in [6, 6.07) is 47.9. The number of hydrogen-bond acceptors (Lipinski definition) is 2. The average molecular weight is 489 g/mol. The van der Waals surface area contributed by atoms with Gasteiger partial charge >= 0.3 is 0 Å². The Labute approximate surface area is 221 Å². The van der Waals surface area contributed by atoms with Gasteiger partial charge in [-0.2, -0.15) is 0 Å². The van der Waals surface area contributed by atoms with Crippen molar-refractivity contribution >= 4 is 10.8 Å². The molecule has 38 heavy (non-hydrogen) atoms. The standard InChI is InChI=1S/C36H24O2/c1-4-14-25(15-5-1)28-20-10-11-21-29(28)35-30-22-12-13-23-31(30)36(38-35)33-32(26-16-6-2-7-17-26)24-37-34(33)27-18-8-3-9-19-27/h1-24H. The van der Waals surface area contributed by atoms with Crippen LogP contribution in [0.4, 0.5) is 0 Å². The highest BCUT2D eigenvalue weighted by Crippen LogP contribution is 2.48. The van der Waals surface area contributed by atoms with Crippen molar-refractivity contribution in [2.45, 2.75) is 0 Å². The molecule has 0 N–H and O–H groups in total. The predicted octanol–water partition coefficient (Wildman–Crippen LogP) is 10.4. The first-order valence-corrected chi connectivity index (χ1v) is 12.8. The Morgan fingerprint density at radius 3 is 1.45 bits per heavy atom. The Kier molecular flexibility index (Phi) is 5.49. The van der Waals surface area contributed by atoms with Gasteiger partial charge in [0.25, 0.3) is 0 Å². The lowest BCUT2D eigenvalue weighted by Crippen LogP contribution is -1.84. The fourth-order valence-corrected chi connectivity index (χ4v) is 5.24. The van der Waals surface area contributed by atoms with Gasteiger partial charge in [0.2, 0.25) is 0 Å². The van der Waals surface area contributed by atoms with E-state index in [4.69, 9.17) is 8.83 Å². The van der Waals surface area contributed by atoms with Crippen molar-refractivity contribution in [3.05, 3.63) is 146 Å². The molecule has 0 spiro atoms. The van der Waals surface area contributed by atoms with E-state index in [1.807, 2.05) is 36.6 Å². The molecular formula is C36H24O2. The Balaban J connectivity index is 1.53. The zero-order valence-corrected chi connectivity index (χ0v) is 20.7. The summed E-state index contributed by atoms with van der Waals surface area (Å²) in [7, 11) is 0. The molecule has 0 aliphatic carbocycles.